The quantitative estimate of drug-likeness (QED) is 0.426. The highest BCUT2D eigenvalue weighted by Gasteiger charge is 2.53. The monoisotopic (exact) mass is 420 g/mol. The highest BCUT2D eigenvalue weighted by Crippen LogP contribution is 2.47. The van der Waals surface area contributed by atoms with Crippen molar-refractivity contribution >= 4 is 29.9 Å². The van der Waals surface area contributed by atoms with Crippen LogP contribution in [0.25, 0.3) is 0 Å². The largest absolute Gasteiger partial charge is 0.374 e. The van der Waals surface area contributed by atoms with Gasteiger partial charge in [0.05, 0.1) is 12.2 Å². The SMILES string of the molecule is CN=C(NCCN1CCCC1)N1CC2C3CCC(O3)C2C1.I. The fourth-order valence-corrected chi connectivity index (χ4v) is 4.80. The fourth-order valence-electron chi connectivity index (χ4n) is 4.80. The molecular weight excluding hydrogens is 391 g/mol. The lowest BCUT2D eigenvalue weighted by molar-refractivity contribution is 0.0767. The summed E-state index contributed by atoms with van der Waals surface area (Å²) < 4.78 is 6.06. The number of rotatable bonds is 3. The van der Waals surface area contributed by atoms with Crippen molar-refractivity contribution in [2.24, 2.45) is 16.8 Å². The second-order valence-electron chi connectivity index (χ2n) is 7.05. The van der Waals surface area contributed by atoms with Crippen molar-refractivity contribution in [1.82, 2.24) is 15.1 Å². The van der Waals surface area contributed by atoms with Crippen LogP contribution in [0.15, 0.2) is 4.99 Å². The maximum atomic E-state index is 6.06. The molecule has 2 bridgehead atoms. The summed E-state index contributed by atoms with van der Waals surface area (Å²) in [5.41, 5.74) is 0. The predicted molar refractivity (Wildman–Crippen MR) is 98.9 cm³/mol. The lowest BCUT2D eigenvalue weighted by Crippen LogP contribution is -2.43. The molecule has 0 aromatic carbocycles. The van der Waals surface area contributed by atoms with Crippen LogP contribution in [-0.4, -0.2) is 74.3 Å². The summed E-state index contributed by atoms with van der Waals surface area (Å²) in [5, 5.41) is 3.57. The lowest BCUT2D eigenvalue weighted by atomic mass is 9.82. The zero-order valence-electron chi connectivity index (χ0n) is 13.5. The summed E-state index contributed by atoms with van der Waals surface area (Å²) in [4.78, 5) is 9.52. The highest BCUT2D eigenvalue weighted by molar-refractivity contribution is 14.0. The topological polar surface area (TPSA) is 40.1 Å². The first-order chi connectivity index (χ1) is 10.3. The highest BCUT2D eigenvalue weighted by atomic mass is 127. The van der Waals surface area contributed by atoms with Gasteiger partial charge in [0, 0.05) is 45.1 Å². The number of nitrogens with one attached hydrogen (secondary N) is 1. The summed E-state index contributed by atoms with van der Waals surface area (Å²) in [5.74, 6) is 2.60. The molecule has 4 aliphatic heterocycles. The standard InChI is InChI=1S/C16H28N4O.HI/c1-17-16(18-6-9-19-7-2-3-8-19)20-10-12-13(11-20)15-5-4-14(12)21-15;/h12-15H,2-11H2,1H3,(H,17,18);1H. The maximum Gasteiger partial charge on any atom is 0.193 e. The van der Waals surface area contributed by atoms with Crippen molar-refractivity contribution in [2.75, 3.05) is 46.3 Å². The van der Waals surface area contributed by atoms with Crippen LogP contribution in [0.1, 0.15) is 25.7 Å². The van der Waals surface area contributed by atoms with Crippen LogP contribution < -0.4 is 5.32 Å². The molecule has 1 N–H and O–H groups in total. The van der Waals surface area contributed by atoms with Gasteiger partial charge in [-0.1, -0.05) is 0 Å². The first-order valence-corrected chi connectivity index (χ1v) is 8.68. The van der Waals surface area contributed by atoms with E-state index in [1.54, 1.807) is 0 Å². The molecule has 0 radical (unpaired) electrons. The Morgan fingerprint density at radius 1 is 1.14 bits per heavy atom. The van der Waals surface area contributed by atoms with Gasteiger partial charge in [0.1, 0.15) is 0 Å². The van der Waals surface area contributed by atoms with E-state index in [0.717, 1.165) is 44.0 Å². The Labute approximate surface area is 150 Å². The summed E-state index contributed by atoms with van der Waals surface area (Å²) >= 11 is 0. The number of guanidine groups is 1. The summed E-state index contributed by atoms with van der Waals surface area (Å²) in [6.07, 6.45) is 6.36. The molecule has 0 saturated carbocycles. The van der Waals surface area contributed by atoms with E-state index in [1.165, 1.54) is 38.8 Å². The van der Waals surface area contributed by atoms with Crippen molar-refractivity contribution in [2.45, 2.75) is 37.9 Å². The molecule has 4 aliphatic rings. The zero-order chi connectivity index (χ0) is 14.2. The van der Waals surface area contributed by atoms with E-state index in [1.807, 2.05) is 7.05 Å². The molecule has 4 fully saturated rings. The Bertz CT molecular complexity index is 395. The molecule has 6 heteroatoms. The molecule has 0 aromatic rings. The molecule has 0 aromatic heterocycles. The van der Waals surface area contributed by atoms with Gasteiger partial charge in [-0.2, -0.15) is 0 Å². The molecule has 0 amide bonds. The van der Waals surface area contributed by atoms with Crippen molar-refractivity contribution in [3.8, 4) is 0 Å². The summed E-state index contributed by atoms with van der Waals surface area (Å²) in [6.45, 7) is 6.98. The van der Waals surface area contributed by atoms with Gasteiger partial charge in [-0.15, -0.1) is 24.0 Å². The van der Waals surface area contributed by atoms with E-state index >= 15 is 0 Å². The van der Waals surface area contributed by atoms with Gasteiger partial charge >= 0.3 is 0 Å². The van der Waals surface area contributed by atoms with Gasteiger partial charge in [0.25, 0.3) is 0 Å². The Hall–Kier alpha value is -0.0800. The second kappa shape index (κ2) is 7.21. The molecule has 0 aliphatic carbocycles. The molecular formula is C16H29IN4O. The van der Waals surface area contributed by atoms with Crippen molar-refractivity contribution < 1.29 is 4.74 Å². The van der Waals surface area contributed by atoms with Crippen LogP contribution in [0.3, 0.4) is 0 Å². The Balaban J connectivity index is 0.00000144. The Morgan fingerprint density at radius 2 is 1.77 bits per heavy atom. The summed E-state index contributed by atoms with van der Waals surface area (Å²) in [7, 11) is 1.91. The zero-order valence-corrected chi connectivity index (χ0v) is 15.9. The van der Waals surface area contributed by atoms with Gasteiger partial charge in [-0.05, 0) is 38.8 Å². The predicted octanol–water partition coefficient (Wildman–Crippen LogP) is 1.38. The third-order valence-electron chi connectivity index (χ3n) is 5.87. The minimum absolute atomic E-state index is 0. The third kappa shape index (κ3) is 3.11. The molecule has 4 rings (SSSR count). The van der Waals surface area contributed by atoms with E-state index in [-0.39, 0.29) is 24.0 Å². The molecule has 0 spiro atoms. The Morgan fingerprint density at radius 3 is 2.36 bits per heavy atom. The maximum absolute atomic E-state index is 6.06. The van der Waals surface area contributed by atoms with Crippen LogP contribution in [0.4, 0.5) is 0 Å². The molecule has 5 nitrogen and oxygen atoms in total. The minimum atomic E-state index is 0. The number of likely N-dealkylation sites (tertiary alicyclic amines) is 2. The number of hydrogen-bond acceptors (Lipinski definition) is 3. The van der Waals surface area contributed by atoms with Crippen LogP contribution in [-0.2, 0) is 4.74 Å². The number of aliphatic imine (C=N–C) groups is 1. The Kier molecular flexibility index (Phi) is 5.50. The van der Waals surface area contributed by atoms with Crippen LogP contribution in [0.2, 0.25) is 0 Å². The van der Waals surface area contributed by atoms with E-state index < -0.39 is 0 Å². The van der Waals surface area contributed by atoms with E-state index in [9.17, 15) is 0 Å². The third-order valence-corrected chi connectivity index (χ3v) is 5.87. The average molecular weight is 420 g/mol. The van der Waals surface area contributed by atoms with E-state index in [2.05, 4.69) is 20.1 Å². The second-order valence-corrected chi connectivity index (χ2v) is 7.05. The summed E-state index contributed by atoms with van der Waals surface area (Å²) in [6, 6.07) is 0. The molecule has 4 saturated heterocycles. The van der Waals surface area contributed by atoms with Crippen LogP contribution in [0, 0.1) is 11.8 Å². The lowest BCUT2D eigenvalue weighted by Gasteiger charge is -2.24. The van der Waals surface area contributed by atoms with Gasteiger partial charge in [0.15, 0.2) is 5.96 Å². The van der Waals surface area contributed by atoms with Gasteiger partial charge < -0.3 is 19.9 Å². The van der Waals surface area contributed by atoms with Gasteiger partial charge in [-0.25, -0.2) is 0 Å². The molecule has 4 unspecified atom stereocenters. The first-order valence-electron chi connectivity index (χ1n) is 8.68. The molecule has 4 atom stereocenters. The van der Waals surface area contributed by atoms with E-state index in [0.29, 0.717) is 12.2 Å². The average Bonchev–Trinajstić information content (AvgIpc) is 3.25. The normalized spacial score (nSPS) is 37.5. The van der Waals surface area contributed by atoms with Crippen molar-refractivity contribution in [1.29, 1.82) is 0 Å². The van der Waals surface area contributed by atoms with Crippen molar-refractivity contribution in [3.05, 3.63) is 0 Å². The number of halogens is 1. The van der Waals surface area contributed by atoms with Crippen LogP contribution in [0.5, 0.6) is 0 Å². The molecule has 22 heavy (non-hydrogen) atoms. The first kappa shape index (κ1) is 16.8. The molecule has 4 heterocycles. The van der Waals surface area contributed by atoms with Gasteiger partial charge in [-0.3, -0.25) is 4.99 Å². The smallest absolute Gasteiger partial charge is 0.193 e. The minimum Gasteiger partial charge on any atom is -0.374 e. The number of nitrogens with zero attached hydrogens (tertiary/aromatic N) is 3. The van der Waals surface area contributed by atoms with E-state index in [4.69, 9.17) is 4.74 Å². The molecule has 126 valence electrons. The number of fused-ring (bicyclic) bond motifs is 5. The number of hydrogen-bond donors (Lipinski definition) is 1. The fraction of sp³-hybridized carbons (Fsp3) is 0.938. The number of ether oxygens (including phenoxy) is 1. The van der Waals surface area contributed by atoms with Crippen LogP contribution >= 0.6 is 24.0 Å². The van der Waals surface area contributed by atoms with Gasteiger partial charge in [0.2, 0.25) is 0 Å². The van der Waals surface area contributed by atoms with Crippen molar-refractivity contribution in [3.63, 3.8) is 0 Å².